The van der Waals surface area contributed by atoms with Gasteiger partial charge in [0.15, 0.2) is 0 Å². The van der Waals surface area contributed by atoms with Crippen LogP contribution < -0.4 is 5.32 Å². The number of rotatable bonds is 2. The zero-order chi connectivity index (χ0) is 15.0. The molecule has 2 heterocycles. The Hall–Kier alpha value is -0.280. The molecule has 3 aliphatic rings. The molecule has 3 rings (SSSR count). The highest BCUT2D eigenvalue weighted by atomic mass is 35.5. The van der Waals surface area contributed by atoms with Crippen LogP contribution in [-0.2, 0) is 4.79 Å². The van der Waals surface area contributed by atoms with Crippen molar-refractivity contribution in [2.24, 2.45) is 17.3 Å². The first-order valence-corrected chi connectivity index (χ1v) is 8.96. The topological polar surface area (TPSA) is 32.3 Å². The van der Waals surface area contributed by atoms with Crippen LogP contribution in [0, 0.1) is 17.3 Å². The molecule has 22 heavy (non-hydrogen) atoms. The largest absolute Gasteiger partial charge is 0.335 e. The second-order valence-corrected chi connectivity index (χ2v) is 8.66. The molecule has 0 spiro atoms. The smallest absolute Gasteiger partial charge is 0.223 e. The summed E-state index contributed by atoms with van der Waals surface area (Å²) in [5.41, 5.74) is 0.419. The van der Waals surface area contributed by atoms with Gasteiger partial charge in [-0.1, -0.05) is 20.8 Å². The van der Waals surface area contributed by atoms with Crippen LogP contribution in [0.15, 0.2) is 0 Å². The van der Waals surface area contributed by atoms with Crippen LogP contribution in [-0.4, -0.2) is 36.0 Å². The lowest BCUT2D eigenvalue weighted by Crippen LogP contribution is -2.43. The van der Waals surface area contributed by atoms with Gasteiger partial charge in [0.1, 0.15) is 0 Å². The van der Waals surface area contributed by atoms with Crippen LogP contribution in [0.25, 0.3) is 0 Å². The van der Waals surface area contributed by atoms with E-state index in [0.29, 0.717) is 29.3 Å². The fraction of sp³-hybridized carbons (Fsp3) is 0.944. The van der Waals surface area contributed by atoms with Gasteiger partial charge in [0.05, 0.1) is 0 Å². The maximum Gasteiger partial charge on any atom is 0.223 e. The predicted molar refractivity (Wildman–Crippen MR) is 93.3 cm³/mol. The summed E-state index contributed by atoms with van der Waals surface area (Å²) in [6, 6.07) is 0.991. The zero-order valence-corrected chi connectivity index (χ0v) is 15.3. The summed E-state index contributed by atoms with van der Waals surface area (Å²) in [4.78, 5) is 15.2. The van der Waals surface area contributed by atoms with E-state index in [4.69, 9.17) is 0 Å². The number of hydrogen-bond donors (Lipinski definition) is 1. The Morgan fingerprint density at radius 3 is 2.64 bits per heavy atom. The van der Waals surface area contributed by atoms with Gasteiger partial charge in [-0.05, 0) is 62.3 Å². The van der Waals surface area contributed by atoms with Crippen molar-refractivity contribution in [3.63, 3.8) is 0 Å². The Morgan fingerprint density at radius 1 is 1.18 bits per heavy atom. The van der Waals surface area contributed by atoms with Gasteiger partial charge < -0.3 is 10.2 Å². The van der Waals surface area contributed by atoms with Gasteiger partial charge in [-0.15, -0.1) is 12.4 Å². The first-order valence-electron chi connectivity index (χ1n) is 8.96. The molecule has 1 amide bonds. The molecular weight excluding hydrogens is 296 g/mol. The normalized spacial score (nSPS) is 37.3. The molecule has 0 aromatic rings. The number of nitrogens with one attached hydrogen (secondary N) is 1. The van der Waals surface area contributed by atoms with E-state index in [1.54, 1.807) is 0 Å². The molecule has 2 bridgehead atoms. The molecular formula is C18H33ClN2O. The van der Waals surface area contributed by atoms with E-state index in [0.717, 1.165) is 31.8 Å². The van der Waals surface area contributed by atoms with Crippen LogP contribution in [0.3, 0.4) is 0 Å². The molecule has 128 valence electrons. The molecule has 4 unspecified atom stereocenters. The molecule has 0 aromatic carbocycles. The predicted octanol–water partition coefficient (Wildman–Crippen LogP) is 3.61. The number of amides is 1. The standard InChI is InChI=1S/C18H32N2O.ClH/c1-13-8-14(11-18(2,3)10-13)9-17(21)20-15-4-5-16(20)12-19-7-6-15;/h13-16,19H,4-12H2,1-3H3;1H. The quantitative estimate of drug-likeness (QED) is 0.839. The summed E-state index contributed by atoms with van der Waals surface area (Å²) in [6.07, 6.45) is 8.16. The average molecular weight is 329 g/mol. The third-order valence-corrected chi connectivity index (χ3v) is 5.88. The maximum absolute atomic E-state index is 12.9. The number of nitrogens with zero attached hydrogens (tertiary/aromatic N) is 1. The molecule has 0 radical (unpaired) electrons. The van der Waals surface area contributed by atoms with Crippen LogP contribution in [0.5, 0.6) is 0 Å². The third kappa shape index (κ3) is 3.97. The first kappa shape index (κ1) is 18.1. The highest BCUT2D eigenvalue weighted by Crippen LogP contribution is 2.43. The van der Waals surface area contributed by atoms with Crippen molar-refractivity contribution in [1.29, 1.82) is 0 Å². The number of carbonyl (C=O) groups excluding carboxylic acids is 1. The van der Waals surface area contributed by atoms with E-state index in [1.165, 1.54) is 32.1 Å². The molecule has 1 aliphatic carbocycles. The van der Waals surface area contributed by atoms with Crippen LogP contribution in [0.4, 0.5) is 0 Å². The summed E-state index contributed by atoms with van der Waals surface area (Å²) in [5, 5.41) is 3.49. The van der Waals surface area contributed by atoms with Crippen LogP contribution >= 0.6 is 12.4 Å². The highest BCUT2D eigenvalue weighted by Gasteiger charge is 2.40. The SMILES string of the molecule is CC1CC(CC(=O)N2C3CCNCC2CC3)CC(C)(C)C1.Cl. The number of carbonyl (C=O) groups is 1. The van der Waals surface area contributed by atoms with E-state index in [9.17, 15) is 4.79 Å². The molecule has 2 saturated heterocycles. The van der Waals surface area contributed by atoms with Gasteiger partial charge in [-0.3, -0.25) is 4.79 Å². The Labute approximate surface area is 142 Å². The van der Waals surface area contributed by atoms with Crippen molar-refractivity contribution in [3.8, 4) is 0 Å². The number of fused-ring (bicyclic) bond motifs is 2. The van der Waals surface area contributed by atoms with Gasteiger partial charge in [0.25, 0.3) is 0 Å². The van der Waals surface area contributed by atoms with E-state index < -0.39 is 0 Å². The zero-order valence-electron chi connectivity index (χ0n) is 14.4. The summed E-state index contributed by atoms with van der Waals surface area (Å²) >= 11 is 0. The Bertz CT molecular complexity index is 385. The van der Waals surface area contributed by atoms with Crippen molar-refractivity contribution in [3.05, 3.63) is 0 Å². The lowest BCUT2D eigenvalue weighted by atomic mass is 9.67. The minimum absolute atomic E-state index is 0. The molecule has 2 aliphatic heterocycles. The molecule has 0 aromatic heterocycles. The van der Waals surface area contributed by atoms with Crippen molar-refractivity contribution in [2.45, 2.75) is 77.8 Å². The van der Waals surface area contributed by atoms with Crippen molar-refractivity contribution in [1.82, 2.24) is 10.2 Å². The Balaban J connectivity index is 0.00000176. The van der Waals surface area contributed by atoms with Crippen molar-refractivity contribution < 1.29 is 4.79 Å². The molecule has 1 saturated carbocycles. The van der Waals surface area contributed by atoms with E-state index in [-0.39, 0.29) is 12.4 Å². The fourth-order valence-corrected chi connectivity index (χ4v) is 5.44. The Kier molecular flexibility index (Phi) is 5.82. The average Bonchev–Trinajstić information content (AvgIpc) is 2.59. The minimum atomic E-state index is 0. The maximum atomic E-state index is 12.9. The summed E-state index contributed by atoms with van der Waals surface area (Å²) in [6.45, 7) is 9.20. The van der Waals surface area contributed by atoms with Crippen molar-refractivity contribution >= 4 is 18.3 Å². The van der Waals surface area contributed by atoms with Crippen LogP contribution in [0.2, 0.25) is 0 Å². The van der Waals surface area contributed by atoms with Gasteiger partial charge in [0.2, 0.25) is 5.91 Å². The first-order chi connectivity index (χ1) is 9.94. The fourth-order valence-electron chi connectivity index (χ4n) is 5.44. The van der Waals surface area contributed by atoms with Gasteiger partial charge in [0, 0.05) is 25.0 Å². The molecule has 3 nitrogen and oxygen atoms in total. The monoisotopic (exact) mass is 328 g/mol. The highest BCUT2D eigenvalue weighted by molar-refractivity contribution is 5.85. The molecule has 1 N–H and O–H groups in total. The third-order valence-electron chi connectivity index (χ3n) is 5.88. The molecule has 3 fully saturated rings. The lowest BCUT2D eigenvalue weighted by molar-refractivity contribution is -0.135. The van der Waals surface area contributed by atoms with Crippen molar-refractivity contribution in [2.75, 3.05) is 13.1 Å². The second kappa shape index (κ2) is 7.09. The molecule has 4 atom stereocenters. The summed E-state index contributed by atoms with van der Waals surface area (Å²) in [7, 11) is 0. The van der Waals surface area contributed by atoms with Gasteiger partial charge >= 0.3 is 0 Å². The Morgan fingerprint density at radius 2 is 1.91 bits per heavy atom. The second-order valence-electron chi connectivity index (χ2n) is 8.66. The molecule has 4 heteroatoms. The van der Waals surface area contributed by atoms with E-state index in [1.807, 2.05) is 0 Å². The summed E-state index contributed by atoms with van der Waals surface area (Å²) in [5.74, 6) is 1.82. The summed E-state index contributed by atoms with van der Waals surface area (Å²) < 4.78 is 0. The number of halogens is 1. The van der Waals surface area contributed by atoms with Crippen LogP contribution in [0.1, 0.15) is 65.7 Å². The van der Waals surface area contributed by atoms with Gasteiger partial charge in [-0.2, -0.15) is 0 Å². The van der Waals surface area contributed by atoms with E-state index in [2.05, 4.69) is 31.0 Å². The minimum Gasteiger partial charge on any atom is -0.335 e. The lowest BCUT2D eigenvalue weighted by Gasteiger charge is -2.40. The van der Waals surface area contributed by atoms with E-state index >= 15 is 0 Å². The number of hydrogen-bond acceptors (Lipinski definition) is 2. The van der Waals surface area contributed by atoms with Gasteiger partial charge in [-0.25, -0.2) is 0 Å².